The van der Waals surface area contributed by atoms with E-state index in [0.29, 0.717) is 11.5 Å². The average molecular weight is 390 g/mol. The third kappa shape index (κ3) is 7.73. The minimum Gasteiger partial charge on any atom is -0.351 e. The van der Waals surface area contributed by atoms with Gasteiger partial charge in [-0.1, -0.05) is 18.2 Å². The Bertz CT molecular complexity index is 683. The summed E-state index contributed by atoms with van der Waals surface area (Å²) in [6, 6.07) is 6.72. The predicted octanol–water partition coefficient (Wildman–Crippen LogP) is 1.80. The van der Waals surface area contributed by atoms with Crippen molar-refractivity contribution in [1.82, 2.24) is 15.4 Å². The van der Waals surface area contributed by atoms with Gasteiger partial charge in [0.15, 0.2) is 0 Å². The predicted molar refractivity (Wildman–Crippen MR) is 101 cm³/mol. The van der Waals surface area contributed by atoms with Crippen LogP contribution in [0, 0.1) is 5.92 Å². The fourth-order valence-corrected chi connectivity index (χ4v) is 4.00. The lowest BCUT2D eigenvalue weighted by molar-refractivity contribution is -0.120. The van der Waals surface area contributed by atoms with Crippen molar-refractivity contribution in [3.05, 3.63) is 29.8 Å². The molecule has 6 nitrogen and oxygen atoms in total. The second-order valence-corrected chi connectivity index (χ2v) is 8.97. The van der Waals surface area contributed by atoms with Gasteiger partial charge in [-0.2, -0.15) is 0 Å². The monoisotopic (exact) mass is 389 g/mol. The second-order valence-electron chi connectivity index (χ2n) is 7.31. The molecule has 0 spiro atoms. The van der Waals surface area contributed by atoms with Crippen LogP contribution in [-0.2, 0) is 21.4 Å². The van der Waals surface area contributed by atoms with Gasteiger partial charge in [-0.15, -0.1) is 12.4 Å². The first-order chi connectivity index (χ1) is 11.2. The highest BCUT2D eigenvalue weighted by Crippen LogP contribution is 2.27. The Labute approximate surface area is 156 Å². The summed E-state index contributed by atoms with van der Waals surface area (Å²) in [5.74, 6) is 0.582. The smallest absolute Gasteiger partial charge is 0.241 e. The number of hydrogen-bond acceptors (Lipinski definition) is 4. The number of carbonyl (C=O) groups is 1. The van der Waals surface area contributed by atoms with Crippen molar-refractivity contribution in [2.75, 3.05) is 13.1 Å². The summed E-state index contributed by atoms with van der Waals surface area (Å²) in [7, 11) is -3.63. The van der Waals surface area contributed by atoms with Gasteiger partial charge in [-0.25, -0.2) is 13.1 Å². The van der Waals surface area contributed by atoms with Crippen molar-refractivity contribution in [3.8, 4) is 0 Å². The highest BCUT2D eigenvalue weighted by Gasteiger charge is 2.24. The van der Waals surface area contributed by atoms with Crippen molar-refractivity contribution in [1.29, 1.82) is 0 Å². The van der Waals surface area contributed by atoms with E-state index >= 15 is 0 Å². The lowest BCUT2D eigenvalue weighted by Crippen LogP contribution is -2.41. The number of benzene rings is 1. The molecule has 1 aliphatic rings. The fraction of sp³-hybridized carbons (Fsp3) is 0.588. The van der Waals surface area contributed by atoms with Crippen LogP contribution in [0.2, 0.25) is 0 Å². The summed E-state index contributed by atoms with van der Waals surface area (Å²) in [6.07, 6.45) is 2.47. The highest BCUT2D eigenvalue weighted by atomic mass is 35.5. The van der Waals surface area contributed by atoms with E-state index in [1.54, 1.807) is 45.0 Å². The molecule has 0 heterocycles. The molecule has 1 aliphatic carbocycles. The maximum Gasteiger partial charge on any atom is 0.241 e. The largest absolute Gasteiger partial charge is 0.351 e. The van der Waals surface area contributed by atoms with Crippen LogP contribution in [0.25, 0.3) is 0 Å². The van der Waals surface area contributed by atoms with Crippen LogP contribution in [0.5, 0.6) is 0 Å². The van der Waals surface area contributed by atoms with Crippen molar-refractivity contribution in [3.63, 3.8) is 0 Å². The molecule has 0 bridgehead atoms. The Balaban J connectivity index is 0.00000312. The second kappa shape index (κ2) is 8.98. The first kappa shape index (κ1) is 21.9. The molecule has 0 radical (unpaired) electrons. The summed E-state index contributed by atoms with van der Waals surface area (Å²) in [6.45, 7) is 6.69. The van der Waals surface area contributed by atoms with Crippen LogP contribution in [0.1, 0.15) is 39.2 Å². The zero-order valence-corrected chi connectivity index (χ0v) is 16.6. The molecule has 2 rings (SSSR count). The molecule has 1 aromatic carbocycles. The van der Waals surface area contributed by atoms with Gasteiger partial charge in [0, 0.05) is 12.1 Å². The Kier molecular flexibility index (Phi) is 7.87. The molecule has 0 atom stereocenters. The van der Waals surface area contributed by atoms with Crippen LogP contribution in [0.15, 0.2) is 29.2 Å². The zero-order valence-electron chi connectivity index (χ0n) is 15.0. The van der Waals surface area contributed by atoms with Crippen molar-refractivity contribution in [2.45, 2.75) is 50.6 Å². The molecule has 142 valence electrons. The molecule has 1 fully saturated rings. The number of carbonyl (C=O) groups excluding carboxylic acids is 1. The van der Waals surface area contributed by atoms with E-state index < -0.39 is 15.6 Å². The van der Waals surface area contributed by atoms with E-state index in [0.717, 1.165) is 6.54 Å². The van der Waals surface area contributed by atoms with E-state index in [1.165, 1.54) is 12.8 Å². The molecule has 3 N–H and O–H groups in total. The molecule has 0 saturated heterocycles. The maximum absolute atomic E-state index is 12.5. The summed E-state index contributed by atoms with van der Waals surface area (Å²) in [5.41, 5.74) is 0.00635. The first-order valence-electron chi connectivity index (χ1n) is 8.27. The molecule has 25 heavy (non-hydrogen) atoms. The van der Waals surface area contributed by atoms with E-state index in [4.69, 9.17) is 0 Å². The number of amides is 1. The average Bonchev–Trinajstić information content (AvgIpc) is 3.27. The van der Waals surface area contributed by atoms with Gasteiger partial charge < -0.3 is 10.6 Å². The fourth-order valence-electron chi connectivity index (χ4n) is 2.34. The Morgan fingerprint density at radius 1 is 1.20 bits per heavy atom. The minimum absolute atomic E-state index is 0. The molecule has 1 amide bonds. The van der Waals surface area contributed by atoms with Crippen LogP contribution in [0.4, 0.5) is 0 Å². The molecule has 0 aromatic heterocycles. The molecule has 1 aromatic rings. The third-order valence-corrected chi connectivity index (χ3v) is 5.45. The van der Waals surface area contributed by atoms with Crippen molar-refractivity contribution >= 4 is 28.3 Å². The minimum atomic E-state index is -3.63. The molecule has 8 heteroatoms. The summed E-state index contributed by atoms with van der Waals surface area (Å²) >= 11 is 0. The third-order valence-electron chi connectivity index (χ3n) is 3.59. The topological polar surface area (TPSA) is 87.3 Å². The van der Waals surface area contributed by atoms with Gasteiger partial charge in [-0.3, -0.25) is 4.79 Å². The lowest BCUT2D eigenvalue weighted by atomic mass is 10.1. The van der Waals surface area contributed by atoms with Crippen molar-refractivity contribution in [2.24, 2.45) is 5.92 Å². The normalized spacial score (nSPS) is 14.7. The quantitative estimate of drug-likeness (QED) is 0.632. The van der Waals surface area contributed by atoms with Gasteiger partial charge in [0.05, 0.1) is 11.4 Å². The van der Waals surface area contributed by atoms with Gasteiger partial charge in [0.1, 0.15) is 0 Å². The van der Waals surface area contributed by atoms with Crippen LogP contribution in [-0.4, -0.2) is 33.0 Å². The highest BCUT2D eigenvalue weighted by molar-refractivity contribution is 7.89. The number of sulfonamides is 1. The zero-order chi connectivity index (χ0) is 17.8. The Hall–Kier alpha value is -1.15. The maximum atomic E-state index is 12.5. The molecule has 1 saturated carbocycles. The SMILES string of the molecule is CC(C)(C)NS(=O)(=O)c1ccccc1CNC(=O)CNCC1CC1.Cl. The van der Waals surface area contributed by atoms with Gasteiger partial charge >= 0.3 is 0 Å². The van der Waals surface area contributed by atoms with E-state index in [2.05, 4.69) is 15.4 Å². The summed E-state index contributed by atoms with van der Waals surface area (Å²) in [4.78, 5) is 12.1. The van der Waals surface area contributed by atoms with Crippen molar-refractivity contribution < 1.29 is 13.2 Å². The van der Waals surface area contributed by atoms with Crippen LogP contribution >= 0.6 is 12.4 Å². The number of hydrogen-bond donors (Lipinski definition) is 3. The molecular formula is C17H28ClN3O3S. The van der Waals surface area contributed by atoms with Crippen LogP contribution < -0.4 is 15.4 Å². The molecule has 0 aliphatic heterocycles. The lowest BCUT2D eigenvalue weighted by Gasteiger charge is -2.21. The molecular weight excluding hydrogens is 362 g/mol. The Morgan fingerprint density at radius 2 is 1.84 bits per heavy atom. The number of nitrogens with one attached hydrogen (secondary N) is 3. The number of rotatable bonds is 8. The summed E-state index contributed by atoms with van der Waals surface area (Å²) < 4.78 is 27.7. The van der Waals surface area contributed by atoms with E-state index in [9.17, 15) is 13.2 Å². The number of halogens is 1. The van der Waals surface area contributed by atoms with E-state index in [-0.39, 0.29) is 36.3 Å². The van der Waals surface area contributed by atoms with Gasteiger partial charge in [0.2, 0.25) is 15.9 Å². The summed E-state index contributed by atoms with van der Waals surface area (Å²) in [5, 5.41) is 5.89. The molecule has 0 unspecified atom stereocenters. The standard InChI is InChI=1S/C17H27N3O3S.ClH/c1-17(2,3)20-24(22,23)15-7-5-4-6-14(15)11-19-16(21)12-18-10-13-8-9-13;/h4-7,13,18,20H,8-12H2,1-3H3,(H,19,21);1H. The van der Waals surface area contributed by atoms with E-state index in [1.807, 2.05) is 0 Å². The van der Waals surface area contributed by atoms with Crippen LogP contribution in [0.3, 0.4) is 0 Å². The van der Waals surface area contributed by atoms with Gasteiger partial charge in [0.25, 0.3) is 0 Å². The Morgan fingerprint density at radius 3 is 2.44 bits per heavy atom. The van der Waals surface area contributed by atoms with Gasteiger partial charge in [-0.05, 0) is 57.7 Å². The first-order valence-corrected chi connectivity index (χ1v) is 9.75.